The van der Waals surface area contributed by atoms with Gasteiger partial charge in [-0.3, -0.25) is 0 Å². The quantitative estimate of drug-likeness (QED) is 0.864. The van der Waals surface area contributed by atoms with Crippen molar-refractivity contribution in [2.24, 2.45) is 0 Å². The Hall–Kier alpha value is -1.13. The Morgan fingerprint density at radius 2 is 2.13 bits per heavy atom. The molecule has 1 aromatic carbocycles. The normalized spacial score (nSPS) is 12.7. The first-order valence-electron chi connectivity index (χ1n) is 4.45. The highest BCUT2D eigenvalue weighted by atomic mass is 79.9. The number of rotatable bonds is 2. The molecule has 1 aromatic heterocycles. The van der Waals surface area contributed by atoms with Gasteiger partial charge in [0.2, 0.25) is 0 Å². The maximum absolute atomic E-state index is 13.0. The lowest BCUT2D eigenvalue weighted by Crippen LogP contribution is -2.01. The maximum atomic E-state index is 13.0. The van der Waals surface area contributed by atoms with Gasteiger partial charge >= 0.3 is 0 Å². The van der Waals surface area contributed by atoms with E-state index < -0.39 is 6.10 Å². The Morgan fingerprint density at radius 1 is 1.33 bits per heavy atom. The maximum Gasteiger partial charge on any atom is 0.123 e. The minimum absolute atomic E-state index is 0.362. The van der Waals surface area contributed by atoms with Crippen LogP contribution in [0.15, 0.2) is 41.0 Å². The van der Waals surface area contributed by atoms with E-state index in [-0.39, 0.29) is 5.82 Å². The number of aliphatic hydroxyl groups excluding tert-OH is 1. The van der Waals surface area contributed by atoms with Crippen LogP contribution in [-0.4, -0.2) is 10.1 Å². The van der Waals surface area contributed by atoms with Crippen molar-refractivity contribution in [2.75, 3.05) is 0 Å². The fraction of sp³-hybridized carbons (Fsp3) is 0.0909. The molecule has 1 heterocycles. The standard InChI is InChI=1S/C11H9BrFNO/c12-9-4-3-7(13)6-8(9)11(15)10-2-1-5-14-10/h1-6,11,14-15H. The SMILES string of the molecule is OC(c1ccc[nH]1)c1cc(F)ccc1Br. The Labute approximate surface area is 94.9 Å². The van der Waals surface area contributed by atoms with E-state index in [1.54, 1.807) is 24.4 Å². The number of nitrogens with one attached hydrogen (secondary N) is 1. The van der Waals surface area contributed by atoms with Gasteiger partial charge in [0.05, 0.1) is 0 Å². The second kappa shape index (κ2) is 4.16. The first-order valence-corrected chi connectivity index (χ1v) is 5.24. The Kier molecular flexibility index (Phi) is 2.88. The van der Waals surface area contributed by atoms with E-state index in [0.717, 1.165) is 0 Å². The zero-order valence-corrected chi connectivity index (χ0v) is 9.33. The Bertz CT molecular complexity index is 456. The summed E-state index contributed by atoms with van der Waals surface area (Å²) in [5, 5.41) is 9.96. The largest absolute Gasteiger partial charge is 0.382 e. The van der Waals surface area contributed by atoms with E-state index in [1.807, 2.05) is 0 Å². The number of hydrogen-bond donors (Lipinski definition) is 2. The molecule has 2 aromatic rings. The number of H-pyrrole nitrogens is 1. The predicted molar refractivity (Wildman–Crippen MR) is 59.0 cm³/mol. The van der Waals surface area contributed by atoms with Gasteiger partial charge in [-0.05, 0) is 30.3 Å². The number of aromatic nitrogens is 1. The van der Waals surface area contributed by atoms with Crippen molar-refractivity contribution in [3.05, 3.63) is 58.1 Å². The summed E-state index contributed by atoms with van der Waals surface area (Å²) in [5.41, 5.74) is 1.15. The summed E-state index contributed by atoms with van der Waals surface area (Å²) in [6.45, 7) is 0. The molecule has 0 fully saturated rings. The van der Waals surface area contributed by atoms with Gasteiger partial charge < -0.3 is 10.1 Å². The van der Waals surface area contributed by atoms with E-state index in [2.05, 4.69) is 20.9 Å². The van der Waals surface area contributed by atoms with Gasteiger partial charge in [0.15, 0.2) is 0 Å². The topological polar surface area (TPSA) is 36.0 Å². The van der Waals surface area contributed by atoms with Crippen LogP contribution in [0.25, 0.3) is 0 Å². The summed E-state index contributed by atoms with van der Waals surface area (Å²) in [5.74, 6) is -0.362. The van der Waals surface area contributed by atoms with Gasteiger partial charge in [0.25, 0.3) is 0 Å². The first kappa shape index (κ1) is 10.4. The molecule has 1 unspecified atom stereocenters. The van der Waals surface area contributed by atoms with E-state index in [4.69, 9.17) is 0 Å². The van der Waals surface area contributed by atoms with Crippen LogP contribution in [0.3, 0.4) is 0 Å². The monoisotopic (exact) mass is 269 g/mol. The summed E-state index contributed by atoms with van der Waals surface area (Å²) in [6.07, 6.45) is 0.872. The molecule has 0 amide bonds. The number of aromatic amines is 1. The minimum Gasteiger partial charge on any atom is -0.382 e. The minimum atomic E-state index is -0.843. The highest BCUT2D eigenvalue weighted by Gasteiger charge is 2.14. The molecule has 0 aliphatic carbocycles. The average molecular weight is 270 g/mol. The highest BCUT2D eigenvalue weighted by Crippen LogP contribution is 2.28. The van der Waals surface area contributed by atoms with Crippen LogP contribution in [0, 0.1) is 5.82 Å². The summed E-state index contributed by atoms with van der Waals surface area (Å²) in [4.78, 5) is 2.89. The van der Waals surface area contributed by atoms with Crippen molar-refractivity contribution in [3.63, 3.8) is 0 Å². The van der Waals surface area contributed by atoms with Crippen molar-refractivity contribution in [1.82, 2.24) is 4.98 Å². The van der Waals surface area contributed by atoms with Crippen LogP contribution in [0.5, 0.6) is 0 Å². The molecule has 78 valence electrons. The van der Waals surface area contributed by atoms with Gasteiger partial charge in [-0.2, -0.15) is 0 Å². The third kappa shape index (κ3) is 2.11. The molecule has 0 radical (unpaired) electrons. The number of benzene rings is 1. The molecule has 0 aliphatic rings. The smallest absolute Gasteiger partial charge is 0.123 e. The van der Waals surface area contributed by atoms with E-state index >= 15 is 0 Å². The van der Waals surface area contributed by atoms with Crippen LogP contribution in [0.2, 0.25) is 0 Å². The molecule has 0 spiro atoms. The molecular weight excluding hydrogens is 261 g/mol. The summed E-state index contributed by atoms with van der Waals surface area (Å²) >= 11 is 3.28. The molecule has 0 saturated carbocycles. The molecule has 0 saturated heterocycles. The van der Waals surface area contributed by atoms with Crippen molar-refractivity contribution in [2.45, 2.75) is 6.10 Å². The van der Waals surface area contributed by atoms with Gasteiger partial charge in [0, 0.05) is 21.9 Å². The van der Waals surface area contributed by atoms with Crippen LogP contribution in [0.1, 0.15) is 17.4 Å². The lowest BCUT2D eigenvalue weighted by atomic mass is 10.1. The Morgan fingerprint density at radius 3 is 2.80 bits per heavy atom. The lowest BCUT2D eigenvalue weighted by molar-refractivity contribution is 0.214. The van der Waals surface area contributed by atoms with Gasteiger partial charge in [-0.15, -0.1) is 0 Å². The third-order valence-electron chi connectivity index (χ3n) is 2.17. The van der Waals surface area contributed by atoms with E-state index in [0.29, 0.717) is 15.7 Å². The Balaban J connectivity index is 2.41. The lowest BCUT2D eigenvalue weighted by Gasteiger charge is -2.11. The predicted octanol–water partition coefficient (Wildman–Crippen LogP) is 3.00. The van der Waals surface area contributed by atoms with Gasteiger partial charge in [0.1, 0.15) is 11.9 Å². The molecule has 2 rings (SSSR count). The zero-order valence-electron chi connectivity index (χ0n) is 7.74. The van der Waals surface area contributed by atoms with Crippen LogP contribution < -0.4 is 0 Å². The molecule has 15 heavy (non-hydrogen) atoms. The fourth-order valence-electron chi connectivity index (χ4n) is 1.41. The molecule has 4 heteroatoms. The number of hydrogen-bond acceptors (Lipinski definition) is 1. The molecular formula is C11H9BrFNO. The van der Waals surface area contributed by atoms with Crippen molar-refractivity contribution in [3.8, 4) is 0 Å². The van der Waals surface area contributed by atoms with Crippen molar-refractivity contribution >= 4 is 15.9 Å². The zero-order chi connectivity index (χ0) is 10.8. The molecule has 0 aliphatic heterocycles. The summed E-state index contributed by atoms with van der Waals surface area (Å²) in [7, 11) is 0. The van der Waals surface area contributed by atoms with Crippen LogP contribution in [-0.2, 0) is 0 Å². The highest BCUT2D eigenvalue weighted by molar-refractivity contribution is 9.10. The molecule has 1 atom stereocenters. The third-order valence-corrected chi connectivity index (χ3v) is 2.89. The van der Waals surface area contributed by atoms with Crippen molar-refractivity contribution in [1.29, 1.82) is 0 Å². The number of aliphatic hydroxyl groups is 1. The van der Waals surface area contributed by atoms with E-state index in [9.17, 15) is 9.50 Å². The van der Waals surface area contributed by atoms with Gasteiger partial charge in [-0.25, -0.2) is 4.39 Å². The van der Waals surface area contributed by atoms with Crippen molar-refractivity contribution < 1.29 is 9.50 Å². The fourth-order valence-corrected chi connectivity index (χ4v) is 1.87. The molecule has 0 bridgehead atoms. The second-order valence-electron chi connectivity index (χ2n) is 3.19. The molecule has 2 N–H and O–H groups in total. The number of halogens is 2. The summed E-state index contributed by atoms with van der Waals surface area (Å²) < 4.78 is 13.7. The summed E-state index contributed by atoms with van der Waals surface area (Å²) in [6, 6.07) is 7.77. The van der Waals surface area contributed by atoms with E-state index in [1.165, 1.54) is 12.1 Å². The van der Waals surface area contributed by atoms with Crippen LogP contribution in [0.4, 0.5) is 4.39 Å². The first-order chi connectivity index (χ1) is 7.18. The molecule has 2 nitrogen and oxygen atoms in total. The average Bonchev–Trinajstić information content (AvgIpc) is 2.74. The van der Waals surface area contributed by atoms with Gasteiger partial charge in [-0.1, -0.05) is 15.9 Å². The van der Waals surface area contributed by atoms with Crippen LogP contribution >= 0.6 is 15.9 Å². The second-order valence-corrected chi connectivity index (χ2v) is 4.05.